The van der Waals surface area contributed by atoms with Crippen molar-refractivity contribution in [3.8, 4) is 6.07 Å². The Morgan fingerprint density at radius 1 is 1.47 bits per heavy atom. The normalized spacial score (nSPS) is 17.5. The molecule has 0 saturated heterocycles. The molecule has 0 amide bonds. The van der Waals surface area contributed by atoms with Crippen LogP contribution < -0.4 is 4.72 Å². The fourth-order valence-corrected chi connectivity index (χ4v) is 4.31. The lowest BCUT2D eigenvalue weighted by atomic mass is 9.76. The summed E-state index contributed by atoms with van der Waals surface area (Å²) in [5.41, 5.74) is -0.0610. The van der Waals surface area contributed by atoms with E-state index in [2.05, 4.69) is 4.72 Å². The van der Waals surface area contributed by atoms with Gasteiger partial charge < -0.3 is 0 Å². The van der Waals surface area contributed by atoms with Crippen molar-refractivity contribution in [3.05, 3.63) is 28.8 Å². The first-order valence-electron chi connectivity index (χ1n) is 6.16. The third kappa shape index (κ3) is 2.76. The van der Waals surface area contributed by atoms with Crippen LogP contribution in [0, 0.1) is 11.3 Å². The second kappa shape index (κ2) is 5.12. The van der Waals surface area contributed by atoms with E-state index in [1.165, 1.54) is 18.2 Å². The first-order valence-corrected chi connectivity index (χ1v) is 8.02. The molecule has 0 atom stereocenters. The van der Waals surface area contributed by atoms with Crippen molar-refractivity contribution in [3.63, 3.8) is 0 Å². The van der Waals surface area contributed by atoms with Gasteiger partial charge in [0, 0.05) is 5.54 Å². The molecule has 6 heteroatoms. The van der Waals surface area contributed by atoms with E-state index in [1.807, 2.05) is 13.0 Å². The van der Waals surface area contributed by atoms with Crippen LogP contribution in [0.4, 0.5) is 0 Å². The molecule has 1 aliphatic rings. The molecule has 1 saturated carbocycles. The predicted octanol–water partition coefficient (Wildman–Crippen LogP) is 2.82. The highest BCUT2D eigenvalue weighted by atomic mass is 35.5. The summed E-state index contributed by atoms with van der Waals surface area (Å²) < 4.78 is 27.5. The molecule has 0 bridgehead atoms. The van der Waals surface area contributed by atoms with Crippen molar-refractivity contribution in [2.45, 2.75) is 43.0 Å². The molecular weight excluding hydrogens is 284 g/mol. The van der Waals surface area contributed by atoms with E-state index in [1.54, 1.807) is 0 Å². The number of halogens is 1. The molecule has 2 rings (SSSR count). The molecule has 19 heavy (non-hydrogen) atoms. The minimum Gasteiger partial charge on any atom is -0.207 e. The maximum atomic E-state index is 12.4. The van der Waals surface area contributed by atoms with E-state index < -0.39 is 10.0 Å². The average Bonchev–Trinajstić information content (AvgIpc) is 2.34. The van der Waals surface area contributed by atoms with Gasteiger partial charge in [-0.25, -0.2) is 13.1 Å². The molecule has 1 aliphatic carbocycles. The number of hydrogen-bond donors (Lipinski definition) is 1. The number of nitrogens with zero attached hydrogens (tertiary/aromatic N) is 1. The van der Waals surface area contributed by atoms with Gasteiger partial charge in [0.15, 0.2) is 0 Å². The van der Waals surface area contributed by atoms with Crippen molar-refractivity contribution >= 4 is 21.6 Å². The van der Waals surface area contributed by atoms with Crippen LogP contribution in [0.15, 0.2) is 23.1 Å². The Balaban J connectivity index is 2.37. The molecule has 1 aromatic rings. The maximum absolute atomic E-state index is 12.4. The molecular formula is C13H15ClN2O2S. The van der Waals surface area contributed by atoms with Crippen molar-refractivity contribution in [1.29, 1.82) is 5.26 Å². The summed E-state index contributed by atoms with van der Waals surface area (Å²) in [6, 6.07) is 6.17. The minimum atomic E-state index is -3.69. The molecule has 102 valence electrons. The van der Waals surface area contributed by atoms with Crippen molar-refractivity contribution < 1.29 is 8.42 Å². The zero-order chi connectivity index (χ0) is 14.1. The summed E-state index contributed by atoms with van der Waals surface area (Å²) in [6.07, 6.45) is 3.47. The smallest absolute Gasteiger partial charge is 0.207 e. The molecule has 0 heterocycles. The number of hydrogen-bond acceptors (Lipinski definition) is 3. The lowest BCUT2D eigenvalue weighted by Gasteiger charge is -2.41. The lowest BCUT2D eigenvalue weighted by Crippen LogP contribution is -2.52. The van der Waals surface area contributed by atoms with Gasteiger partial charge in [0.05, 0.1) is 16.7 Å². The van der Waals surface area contributed by atoms with Crippen LogP contribution in [0.1, 0.15) is 38.2 Å². The molecule has 0 radical (unpaired) electrons. The molecule has 0 spiro atoms. The Morgan fingerprint density at radius 3 is 2.63 bits per heavy atom. The van der Waals surface area contributed by atoms with Crippen LogP contribution in [0.2, 0.25) is 5.02 Å². The van der Waals surface area contributed by atoms with Gasteiger partial charge in [-0.15, -0.1) is 0 Å². The lowest BCUT2D eigenvalue weighted by molar-refractivity contribution is 0.214. The summed E-state index contributed by atoms with van der Waals surface area (Å²) in [5.74, 6) is 0. The number of rotatable bonds is 4. The summed E-state index contributed by atoms with van der Waals surface area (Å²) in [5, 5.41) is 8.98. The SMILES string of the molecule is CCC1(NS(=O)(=O)c2cc(C#N)ccc2Cl)CCC1. The van der Waals surface area contributed by atoms with E-state index in [0.29, 0.717) is 0 Å². The quantitative estimate of drug-likeness (QED) is 0.929. The van der Waals surface area contributed by atoms with Gasteiger partial charge in [-0.2, -0.15) is 5.26 Å². The zero-order valence-electron chi connectivity index (χ0n) is 10.6. The number of nitrogens with one attached hydrogen (secondary N) is 1. The highest BCUT2D eigenvalue weighted by Gasteiger charge is 2.39. The molecule has 0 aliphatic heterocycles. The van der Waals surface area contributed by atoms with Crippen molar-refractivity contribution in [2.24, 2.45) is 0 Å². The highest BCUT2D eigenvalue weighted by molar-refractivity contribution is 7.89. The standard InChI is InChI=1S/C13H15ClN2O2S/c1-2-13(6-3-7-13)16-19(17,18)12-8-10(9-15)4-5-11(12)14/h4-5,8,16H,2-3,6-7H2,1H3. The van der Waals surface area contributed by atoms with Crippen LogP contribution in [0.5, 0.6) is 0 Å². The first kappa shape index (κ1) is 14.3. The van der Waals surface area contributed by atoms with Crippen LogP contribution in [-0.2, 0) is 10.0 Å². The van der Waals surface area contributed by atoms with Gasteiger partial charge in [0.25, 0.3) is 0 Å². The van der Waals surface area contributed by atoms with Crippen LogP contribution in [-0.4, -0.2) is 14.0 Å². The van der Waals surface area contributed by atoms with Crippen LogP contribution in [0.25, 0.3) is 0 Å². The van der Waals surface area contributed by atoms with Crippen molar-refractivity contribution in [1.82, 2.24) is 4.72 Å². The second-order valence-corrected chi connectivity index (χ2v) is 6.91. The first-order chi connectivity index (χ1) is 8.92. The Morgan fingerprint density at radius 2 is 2.16 bits per heavy atom. The van der Waals surface area contributed by atoms with Gasteiger partial charge >= 0.3 is 0 Å². The Hall–Kier alpha value is -1.09. The number of benzene rings is 1. The van der Waals surface area contributed by atoms with E-state index in [0.717, 1.165) is 25.7 Å². The molecule has 1 fully saturated rings. The summed E-state index contributed by atoms with van der Waals surface area (Å²) in [4.78, 5) is -0.0204. The van der Waals surface area contributed by atoms with E-state index in [-0.39, 0.29) is 21.0 Å². The summed E-state index contributed by atoms with van der Waals surface area (Å²) in [6.45, 7) is 1.97. The molecule has 1 N–H and O–H groups in total. The molecule has 1 aromatic carbocycles. The van der Waals surface area contributed by atoms with Crippen molar-refractivity contribution in [2.75, 3.05) is 0 Å². The van der Waals surface area contributed by atoms with Gasteiger partial charge in [0.2, 0.25) is 10.0 Å². The minimum absolute atomic E-state index is 0.0204. The Labute approximate surface area is 118 Å². The van der Waals surface area contributed by atoms with E-state index in [4.69, 9.17) is 16.9 Å². The Bertz CT molecular complexity index is 625. The van der Waals surface area contributed by atoms with Gasteiger partial charge in [-0.3, -0.25) is 0 Å². The molecule has 0 aromatic heterocycles. The molecule has 4 nitrogen and oxygen atoms in total. The van der Waals surface area contributed by atoms with Gasteiger partial charge in [-0.05, 0) is 43.9 Å². The second-order valence-electron chi connectivity index (χ2n) is 4.85. The third-order valence-corrected chi connectivity index (χ3v) is 5.75. The highest BCUT2D eigenvalue weighted by Crippen LogP contribution is 2.36. The largest absolute Gasteiger partial charge is 0.242 e. The van der Waals surface area contributed by atoms with Gasteiger partial charge in [0.1, 0.15) is 4.90 Å². The van der Waals surface area contributed by atoms with Crippen LogP contribution in [0.3, 0.4) is 0 Å². The Kier molecular flexibility index (Phi) is 3.86. The van der Waals surface area contributed by atoms with E-state index in [9.17, 15) is 8.42 Å². The maximum Gasteiger partial charge on any atom is 0.242 e. The van der Waals surface area contributed by atoms with Gasteiger partial charge in [-0.1, -0.05) is 18.5 Å². The average molecular weight is 299 g/mol. The third-order valence-electron chi connectivity index (χ3n) is 3.69. The monoisotopic (exact) mass is 298 g/mol. The van der Waals surface area contributed by atoms with Crippen LogP contribution >= 0.6 is 11.6 Å². The fraction of sp³-hybridized carbons (Fsp3) is 0.462. The predicted molar refractivity (Wildman–Crippen MR) is 73.4 cm³/mol. The summed E-state index contributed by atoms with van der Waals surface area (Å²) >= 11 is 5.94. The zero-order valence-corrected chi connectivity index (χ0v) is 12.2. The number of nitriles is 1. The summed E-state index contributed by atoms with van der Waals surface area (Å²) in [7, 11) is -3.69. The van der Waals surface area contributed by atoms with E-state index >= 15 is 0 Å². The topological polar surface area (TPSA) is 70.0 Å². The number of sulfonamides is 1. The molecule has 0 unspecified atom stereocenters. The fourth-order valence-electron chi connectivity index (χ4n) is 2.25.